The molecule has 0 saturated heterocycles. The van der Waals surface area contributed by atoms with Crippen molar-refractivity contribution in [2.45, 2.75) is 32.9 Å². The van der Waals surface area contributed by atoms with Crippen LogP contribution in [-0.2, 0) is 22.5 Å². The van der Waals surface area contributed by atoms with Gasteiger partial charge in [0.2, 0.25) is 0 Å². The van der Waals surface area contributed by atoms with Crippen LogP contribution in [0.25, 0.3) is 22.4 Å². The number of rotatable bonds is 11. The summed E-state index contributed by atoms with van der Waals surface area (Å²) >= 11 is 0. The number of hydrogen-bond acceptors (Lipinski definition) is 3. The molecule has 4 aromatic rings. The van der Waals surface area contributed by atoms with Crippen molar-refractivity contribution < 1.29 is 19.4 Å². The molecule has 0 bridgehead atoms. The first-order valence-corrected chi connectivity index (χ1v) is 11.9. The van der Waals surface area contributed by atoms with Gasteiger partial charge in [-0.05, 0) is 48.7 Å². The van der Waals surface area contributed by atoms with Gasteiger partial charge in [-0.15, -0.1) is 0 Å². The van der Waals surface area contributed by atoms with E-state index in [0.29, 0.717) is 26.2 Å². The second kappa shape index (κ2) is 11.5. The minimum atomic E-state index is -0.946. The van der Waals surface area contributed by atoms with Gasteiger partial charge in [-0.1, -0.05) is 72.8 Å². The number of carbonyl (C=O) groups is 1. The van der Waals surface area contributed by atoms with Crippen LogP contribution in [0.3, 0.4) is 0 Å². The number of aromatic nitrogens is 1. The van der Waals surface area contributed by atoms with Crippen molar-refractivity contribution in [1.29, 1.82) is 0 Å². The van der Waals surface area contributed by atoms with Crippen LogP contribution in [0.1, 0.15) is 18.2 Å². The fourth-order valence-corrected chi connectivity index (χ4v) is 4.32. The molecule has 1 unspecified atom stereocenters. The van der Waals surface area contributed by atoms with Gasteiger partial charge in [0.25, 0.3) is 0 Å². The van der Waals surface area contributed by atoms with Gasteiger partial charge in [0, 0.05) is 24.3 Å². The van der Waals surface area contributed by atoms with Gasteiger partial charge in [0.15, 0.2) is 6.10 Å². The van der Waals surface area contributed by atoms with Crippen LogP contribution in [-0.4, -0.2) is 35.0 Å². The molecule has 0 spiro atoms. The number of carboxylic acids is 1. The van der Waals surface area contributed by atoms with Crippen molar-refractivity contribution in [3.63, 3.8) is 0 Å². The van der Waals surface area contributed by atoms with Gasteiger partial charge >= 0.3 is 5.97 Å². The van der Waals surface area contributed by atoms with E-state index in [4.69, 9.17) is 9.47 Å². The second-order valence-electron chi connectivity index (χ2n) is 8.41. The topological polar surface area (TPSA) is 60.7 Å². The molecule has 0 amide bonds. The Bertz CT molecular complexity index is 1230. The first-order valence-electron chi connectivity index (χ1n) is 11.9. The number of aliphatic carboxylic acids is 1. The maximum absolute atomic E-state index is 11.3. The normalized spacial score (nSPS) is 11.8. The number of aryl methyl sites for hydroxylation is 1. The highest BCUT2D eigenvalue weighted by Crippen LogP contribution is 2.35. The molecule has 0 aliphatic carbocycles. The largest absolute Gasteiger partial charge is 0.492 e. The van der Waals surface area contributed by atoms with Gasteiger partial charge in [-0.2, -0.15) is 0 Å². The van der Waals surface area contributed by atoms with E-state index in [1.54, 1.807) is 6.92 Å². The summed E-state index contributed by atoms with van der Waals surface area (Å²) in [5.41, 5.74) is 6.84. The van der Waals surface area contributed by atoms with Crippen molar-refractivity contribution in [2.75, 3.05) is 13.2 Å². The maximum Gasteiger partial charge on any atom is 0.333 e. The number of carboxylic acid groups (broad SMARTS) is 1. The summed E-state index contributed by atoms with van der Waals surface area (Å²) in [6.45, 7) is 5.51. The van der Waals surface area contributed by atoms with Crippen molar-refractivity contribution in [2.24, 2.45) is 0 Å². The zero-order valence-electron chi connectivity index (χ0n) is 20.2. The van der Waals surface area contributed by atoms with Gasteiger partial charge in [-0.3, -0.25) is 0 Å². The Morgan fingerprint density at radius 3 is 2.14 bits per heavy atom. The molecule has 0 fully saturated rings. The highest BCUT2D eigenvalue weighted by atomic mass is 16.5. The molecule has 5 nitrogen and oxygen atoms in total. The first-order chi connectivity index (χ1) is 17.1. The highest BCUT2D eigenvalue weighted by Gasteiger charge is 2.18. The Kier molecular flexibility index (Phi) is 8.01. The zero-order valence-corrected chi connectivity index (χ0v) is 20.2. The molecule has 1 atom stereocenters. The molecule has 1 aromatic heterocycles. The molecule has 180 valence electrons. The lowest BCUT2D eigenvalue weighted by atomic mass is 10.0. The molecule has 35 heavy (non-hydrogen) atoms. The molecule has 0 saturated carbocycles. The standard InChI is InChI=1S/C30H31NO4/c1-3-34-28(30(32)33)21-23-14-16-26(17-15-23)35-19-18-31-22(2)20-27(24-10-6-4-7-11-24)29(31)25-12-8-5-9-13-25/h4-17,20,28H,3,18-19,21H2,1-2H3,(H,32,33). The molecule has 0 aliphatic rings. The third-order valence-electron chi connectivity index (χ3n) is 6.01. The monoisotopic (exact) mass is 469 g/mol. The Hall–Kier alpha value is -3.83. The second-order valence-corrected chi connectivity index (χ2v) is 8.41. The van der Waals surface area contributed by atoms with Crippen LogP contribution in [0.2, 0.25) is 0 Å². The minimum Gasteiger partial charge on any atom is -0.492 e. The van der Waals surface area contributed by atoms with Crippen LogP contribution < -0.4 is 4.74 Å². The Balaban J connectivity index is 1.48. The van der Waals surface area contributed by atoms with Crippen molar-refractivity contribution >= 4 is 5.97 Å². The molecule has 0 aliphatic heterocycles. The summed E-state index contributed by atoms with van der Waals surface area (Å²) in [5.74, 6) is -0.190. The highest BCUT2D eigenvalue weighted by molar-refractivity contribution is 5.82. The van der Waals surface area contributed by atoms with Crippen LogP contribution in [0.15, 0.2) is 91.0 Å². The lowest BCUT2D eigenvalue weighted by molar-refractivity contribution is -0.149. The van der Waals surface area contributed by atoms with E-state index in [2.05, 4.69) is 66.1 Å². The van der Waals surface area contributed by atoms with E-state index in [1.807, 2.05) is 36.4 Å². The van der Waals surface area contributed by atoms with Crippen LogP contribution in [0.4, 0.5) is 0 Å². The fourth-order valence-electron chi connectivity index (χ4n) is 4.32. The molecule has 1 heterocycles. The lowest BCUT2D eigenvalue weighted by Gasteiger charge is -2.15. The molecular weight excluding hydrogens is 438 g/mol. The smallest absolute Gasteiger partial charge is 0.333 e. The summed E-state index contributed by atoms with van der Waals surface area (Å²) in [5, 5.41) is 9.29. The van der Waals surface area contributed by atoms with Crippen LogP contribution in [0, 0.1) is 6.92 Å². The predicted octanol–water partition coefficient (Wildman–Crippen LogP) is 6.24. The van der Waals surface area contributed by atoms with Gasteiger partial charge in [0.05, 0.1) is 12.2 Å². The van der Waals surface area contributed by atoms with Gasteiger partial charge < -0.3 is 19.1 Å². The quantitative estimate of drug-likeness (QED) is 0.282. The molecule has 1 N–H and O–H groups in total. The summed E-state index contributed by atoms with van der Waals surface area (Å²) < 4.78 is 13.7. The van der Waals surface area contributed by atoms with E-state index >= 15 is 0 Å². The summed E-state index contributed by atoms with van der Waals surface area (Å²) in [7, 11) is 0. The average Bonchev–Trinajstić information content (AvgIpc) is 3.21. The van der Waals surface area contributed by atoms with Crippen molar-refractivity contribution in [3.05, 3.63) is 102 Å². The fraction of sp³-hybridized carbons (Fsp3) is 0.233. The van der Waals surface area contributed by atoms with Crippen molar-refractivity contribution in [3.8, 4) is 28.1 Å². The molecular formula is C30H31NO4. The van der Waals surface area contributed by atoms with Crippen LogP contribution >= 0.6 is 0 Å². The van der Waals surface area contributed by atoms with E-state index in [9.17, 15) is 9.90 Å². The molecule has 0 radical (unpaired) electrons. The Morgan fingerprint density at radius 1 is 0.914 bits per heavy atom. The number of ether oxygens (including phenoxy) is 2. The summed E-state index contributed by atoms with van der Waals surface area (Å²) in [6.07, 6.45) is -0.506. The number of hydrogen-bond donors (Lipinski definition) is 1. The van der Waals surface area contributed by atoms with Gasteiger partial charge in [-0.25, -0.2) is 4.79 Å². The van der Waals surface area contributed by atoms with Gasteiger partial charge in [0.1, 0.15) is 12.4 Å². The number of nitrogens with zero attached hydrogens (tertiary/aromatic N) is 1. The Labute approximate surface area is 206 Å². The summed E-state index contributed by atoms with van der Waals surface area (Å²) in [6, 6.07) is 30.7. The summed E-state index contributed by atoms with van der Waals surface area (Å²) in [4.78, 5) is 11.3. The lowest BCUT2D eigenvalue weighted by Crippen LogP contribution is -2.26. The van der Waals surface area contributed by atoms with E-state index < -0.39 is 12.1 Å². The maximum atomic E-state index is 11.3. The third kappa shape index (κ3) is 6.00. The van der Waals surface area contributed by atoms with E-state index in [0.717, 1.165) is 11.3 Å². The van der Waals surface area contributed by atoms with Crippen LogP contribution in [0.5, 0.6) is 5.75 Å². The SMILES string of the molecule is CCOC(Cc1ccc(OCCn2c(C)cc(-c3ccccc3)c2-c2ccccc2)cc1)C(=O)O. The van der Waals surface area contributed by atoms with E-state index in [1.165, 1.54) is 28.1 Å². The van der Waals surface area contributed by atoms with E-state index in [-0.39, 0.29) is 0 Å². The molecule has 5 heteroatoms. The molecule has 4 rings (SSSR count). The van der Waals surface area contributed by atoms with Crippen molar-refractivity contribution in [1.82, 2.24) is 4.57 Å². The first kappa shape index (κ1) is 24.3. The average molecular weight is 470 g/mol. The Morgan fingerprint density at radius 2 is 1.54 bits per heavy atom. The molecule has 3 aromatic carbocycles. The number of benzene rings is 3. The third-order valence-corrected chi connectivity index (χ3v) is 6.01. The zero-order chi connectivity index (χ0) is 24.6. The minimum absolute atomic E-state index is 0.328. The predicted molar refractivity (Wildman–Crippen MR) is 139 cm³/mol.